The number of rotatable bonds is 8. The Morgan fingerprint density at radius 3 is 2.65 bits per heavy atom. The van der Waals surface area contributed by atoms with Gasteiger partial charge in [-0.05, 0) is 18.5 Å². The molecule has 1 rings (SSSR count). The predicted octanol–water partition coefficient (Wildman–Crippen LogP) is 2.22. The molecule has 0 bridgehead atoms. The summed E-state index contributed by atoms with van der Waals surface area (Å²) in [7, 11) is 2.73. The van der Waals surface area contributed by atoms with Crippen LogP contribution in [0.4, 0.5) is 0 Å². The summed E-state index contributed by atoms with van der Waals surface area (Å²) in [6.45, 7) is 3.77. The van der Waals surface area contributed by atoms with Crippen molar-refractivity contribution in [3.63, 3.8) is 0 Å². The minimum absolute atomic E-state index is 0.110. The van der Waals surface area contributed by atoms with Crippen molar-refractivity contribution in [3.8, 4) is 5.75 Å². The molecule has 0 aliphatic carbocycles. The second-order valence-corrected chi connectivity index (χ2v) is 5.04. The van der Waals surface area contributed by atoms with Crippen LogP contribution in [0.3, 0.4) is 0 Å². The molecule has 3 nitrogen and oxygen atoms in total. The summed E-state index contributed by atoms with van der Waals surface area (Å²) in [5, 5.41) is 0. The Bertz CT molecular complexity index is 337. The molecule has 0 aliphatic rings. The van der Waals surface area contributed by atoms with Crippen molar-refractivity contribution < 1.29 is 13.9 Å². The molecule has 0 saturated carbocycles. The summed E-state index contributed by atoms with van der Waals surface area (Å²) in [6, 6.07) is 8.97. The molecular formula is C13H20O3Si. The van der Waals surface area contributed by atoms with Crippen molar-refractivity contribution in [3.05, 3.63) is 36.4 Å². The normalized spacial score (nSPS) is 11.2. The molecule has 0 amide bonds. The summed E-state index contributed by atoms with van der Waals surface area (Å²) in [5.74, 6) is 0.931. The number of benzene rings is 1. The molecule has 1 aromatic rings. The summed E-state index contributed by atoms with van der Waals surface area (Å²) in [5.41, 5.74) is 1.05. The summed E-state index contributed by atoms with van der Waals surface area (Å²) < 4.78 is 16.1. The smallest absolute Gasteiger partial charge is 0.219 e. The van der Waals surface area contributed by atoms with Crippen molar-refractivity contribution in [1.82, 2.24) is 0 Å². The zero-order valence-electron chi connectivity index (χ0n) is 10.5. The SMILES string of the molecule is C=Cc1ccccc1O[SiH2]CCC(OC)OC. The van der Waals surface area contributed by atoms with E-state index in [-0.39, 0.29) is 6.29 Å². The minimum atomic E-state index is -0.587. The molecule has 0 radical (unpaired) electrons. The van der Waals surface area contributed by atoms with Crippen molar-refractivity contribution in [1.29, 1.82) is 0 Å². The molecule has 0 N–H and O–H groups in total. The van der Waals surface area contributed by atoms with E-state index in [0.717, 1.165) is 23.8 Å². The Kier molecular flexibility index (Phi) is 6.62. The van der Waals surface area contributed by atoms with E-state index >= 15 is 0 Å². The number of methoxy groups -OCH3 is 2. The lowest BCUT2D eigenvalue weighted by atomic mass is 10.2. The third-order valence-corrected chi connectivity index (χ3v) is 3.72. The first-order valence-corrected chi connectivity index (χ1v) is 7.29. The fourth-order valence-corrected chi connectivity index (χ4v) is 2.67. The zero-order valence-corrected chi connectivity index (χ0v) is 11.9. The molecule has 94 valence electrons. The molecule has 0 saturated heterocycles. The van der Waals surface area contributed by atoms with Crippen LogP contribution >= 0.6 is 0 Å². The van der Waals surface area contributed by atoms with Crippen molar-refractivity contribution in [2.75, 3.05) is 14.2 Å². The van der Waals surface area contributed by atoms with E-state index in [9.17, 15) is 0 Å². The number of hydrogen-bond acceptors (Lipinski definition) is 3. The Balaban J connectivity index is 2.33. The van der Waals surface area contributed by atoms with Gasteiger partial charge < -0.3 is 13.9 Å². The second kappa shape index (κ2) is 8.06. The van der Waals surface area contributed by atoms with Crippen LogP contribution in [0.25, 0.3) is 6.08 Å². The van der Waals surface area contributed by atoms with Gasteiger partial charge in [0.1, 0.15) is 5.75 Å². The lowest BCUT2D eigenvalue weighted by molar-refractivity contribution is -0.103. The summed E-state index contributed by atoms with van der Waals surface area (Å²) in [4.78, 5) is 0. The van der Waals surface area contributed by atoms with Gasteiger partial charge in [-0.1, -0.05) is 30.9 Å². The number of ether oxygens (including phenoxy) is 2. The first kappa shape index (κ1) is 14.0. The van der Waals surface area contributed by atoms with Crippen LogP contribution in [0.15, 0.2) is 30.8 Å². The highest BCUT2D eigenvalue weighted by Gasteiger charge is 2.05. The molecule has 0 aliphatic heterocycles. The van der Waals surface area contributed by atoms with Gasteiger partial charge in [0.05, 0.1) is 0 Å². The summed E-state index contributed by atoms with van der Waals surface area (Å²) in [6.07, 6.45) is 2.59. The predicted molar refractivity (Wildman–Crippen MR) is 72.9 cm³/mol. The van der Waals surface area contributed by atoms with E-state index in [2.05, 4.69) is 6.58 Å². The maximum atomic E-state index is 5.82. The van der Waals surface area contributed by atoms with Gasteiger partial charge in [0.2, 0.25) is 9.76 Å². The second-order valence-electron chi connectivity index (χ2n) is 3.63. The fourth-order valence-electron chi connectivity index (χ4n) is 1.54. The van der Waals surface area contributed by atoms with Gasteiger partial charge in [0.25, 0.3) is 0 Å². The fraction of sp³-hybridized carbons (Fsp3) is 0.385. The van der Waals surface area contributed by atoms with E-state index in [1.54, 1.807) is 14.2 Å². The highest BCUT2D eigenvalue weighted by molar-refractivity contribution is 6.28. The highest BCUT2D eigenvalue weighted by Crippen LogP contribution is 2.18. The maximum absolute atomic E-state index is 5.82. The van der Waals surface area contributed by atoms with E-state index in [1.165, 1.54) is 0 Å². The standard InChI is InChI=1S/C13H20O3Si/c1-4-11-7-5-6-8-12(11)16-17-10-9-13(14-2)15-3/h4-8,13H,1,9-10,17H2,2-3H3. The Morgan fingerprint density at radius 2 is 2.00 bits per heavy atom. The molecule has 0 spiro atoms. The molecule has 4 heteroatoms. The van der Waals surface area contributed by atoms with Gasteiger partial charge in [0.15, 0.2) is 6.29 Å². The lowest BCUT2D eigenvalue weighted by Gasteiger charge is -2.13. The van der Waals surface area contributed by atoms with Gasteiger partial charge in [-0.25, -0.2) is 0 Å². The quantitative estimate of drug-likeness (QED) is 0.403. The van der Waals surface area contributed by atoms with Gasteiger partial charge in [0, 0.05) is 19.8 Å². The molecule has 0 aromatic heterocycles. The summed E-state index contributed by atoms with van der Waals surface area (Å²) >= 11 is 0. The molecule has 0 fully saturated rings. The highest BCUT2D eigenvalue weighted by atomic mass is 28.2. The van der Waals surface area contributed by atoms with Crippen LogP contribution < -0.4 is 4.43 Å². The molecule has 17 heavy (non-hydrogen) atoms. The molecule has 1 aromatic carbocycles. The van der Waals surface area contributed by atoms with Crippen LogP contribution in [0.1, 0.15) is 12.0 Å². The molecule has 0 atom stereocenters. The van der Waals surface area contributed by atoms with Crippen LogP contribution in [-0.2, 0) is 9.47 Å². The zero-order chi connectivity index (χ0) is 12.5. The largest absolute Gasteiger partial charge is 0.549 e. The van der Waals surface area contributed by atoms with E-state index in [4.69, 9.17) is 13.9 Å². The van der Waals surface area contributed by atoms with Gasteiger partial charge in [-0.3, -0.25) is 0 Å². The lowest BCUT2D eigenvalue weighted by Crippen LogP contribution is -2.15. The van der Waals surface area contributed by atoms with Crippen LogP contribution in [0.2, 0.25) is 6.04 Å². The Labute approximate surface area is 105 Å². The molecule has 0 unspecified atom stereocenters. The minimum Gasteiger partial charge on any atom is -0.549 e. The van der Waals surface area contributed by atoms with Crippen molar-refractivity contribution >= 4 is 15.8 Å². The van der Waals surface area contributed by atoms with Crippen LogP contribution in [0.5, 0.6) is 5.75 Å². The average molecular weight is 252 g/mol. The van der Waals surface area contributed by atoms with E-state index in [0.29, 0.717) is 0 Å². The van der Waals surface area contributed by atoms with Gasteiger partial charge in [-0.15, -0.1) is 0 Å². The molecule has 0 heterocycles. The molecular weight excluding hydrogens is 232 g/mol. The van der Waals surface area contributed by atoms with Crippen LogP contribution in [0, 0.1) is 0 Å². The number of para-hydroxylation sites is 1. The monoisotopic (exact) mass is 252 g/mol. The Hall–Kier alpha value is -1.10. The Morgan fingerprint density at radius 1 is 1.29 bits per heavy atom. The van der Waals surface area contributed by atoms with Gasteiger partial charge >= 0.3 is 0 Å². The van der Waals surface area contributed by atoms with Crippen LogP contribution in [-0.4, -0.2) is 30.3 Å². The third-order valence-electron chi connectivity index (χ3n) is 2.51. The average Bonchev–Trinajstić information content (AvgIpc) is 2.39. The van der Waals surface area contributed by atoms with Gasteiger partial charge in [-0.2, -0.15) is 0 Å². The van der Waals surface area contributed by atoms with Crippen molar-refractivity contribution in [2.45, 2.75) is 18.8 Å². The van der Waals surface area contributed by atoms with E-state index in [1.807, 2.05) is 30.3 Å². The van der Waals surface area contributed by atoms with Crippen molar-refractivity contribution in [2.24, 2.45) is 0 Å². The van der Waals surface area contributed by atoms with E-state index < -0.39 is 9.76 Å². The first-order valence-electron chi connectivity index (χ1n) is 5.71. The first-order chi connectivity index (χ1) is 8.31. The topological polar surface area (TPSA) is 27.7 Å². The number of hydrogen-bond donors (Lipinski definition) is 0. The maximum Gasteiger partial charge on any atom is 0.219 e. The third kappa shape index (κ3) is 4.73.